The van der Waals surface area contributed by atoms with Crippen LogP contribution in [0.15, 0.2) is 54.9 Å². The number of aromatic nitrogens is 2. The van der Waals surface area contributed by atoms with Crippen LogP contribution in [0.5, 0.6) is 0 Å². The summed E-state index contributed by atoms with van der Waals surface area (Å²) in [6, 6.07) is 14.9. The van der Waals surface area contributed by atoms with Gasteiger partial charge in [0.05, 0.1) is 0 Å². The standard InChI is InChI=1S/C26H31N3O/c1-17(2)24-27-12-13-29(24)23-15-21(14-22(16-23)25(30)28-26(3,4)5)20-10-8-19(9-11-20)18-6-7-18/h8-18H,6-7H2,1-5H3,(H,28,30). The predicted molar refractivity (Wildman–Crippen MR) is 122 cm³/mol. The molecule has 0 atom stereocenters. The van der Waals surface area contributed by atoms with Crippen molar-refractivity contribution in [3.63, 3.8) is 0 Å². The highest BCUT2D eigenvalue weighted by Gasteiger charge is 2.23. The lowest BCUT2D eigenvalue weighted by atomic mass is 9.98. The van der Waals surface area contributed by atoms with Crippen LogP contribution >= 0.6 is 0 Å². The van der Waals surface area contributed by atoms with Crippen LogP contribution in [0.3, 0.4) is 0 Å². The number of carbonyl (C=O) groups is 1. The van der Waals surface area contributed by atoms with Crippen molar-refractivity contribution in [1.29, 1.82) is 0 Å². The first kappa shape index (κ1) is 20.4. The van der Waals surface area contributed by atoms with E-state index < -0.39 is 0 Å². The van der Waals surface area contributed by atoms with Crippen molar-refractivity contribution in [1.82, 2.24) is 14.9 Å². The molecule has 4 rings (SSSR count). The summed E-state index contributed by atoms with van der Waals surface area (Å²) in [6.45, 7) is 10.3. The third-order valence-electron chi connectivity index (χ3n) is 5.43. The highest BCUT2D eigenvalue weighted by molar-refractivity contribution is 5.96. The predicted octanol–water partition coefficient (Wildman–Crippen LogP) is 6.07. The summed E-state index contributed by atoms with van der Waals surface area (Å²) in [4.78, 5) is 17.5. The summed E-state index contributed by atoms with van der Waals surface area (Å²) in [5.74, 6) is 1.94. The Labute approximate surface area is 179 Å². The smallest absolute Gasteiger partial charge is 0.251 e. The van der Waals surface area contributed by atoms with Crippen molar-refractivity contribution < 1.29 is 4.79 Å². The van der Waals surface area contributed by atoms with Crippen molar-refractivity contribution >= 4 is 5.91 Å². The topological polar surface area (TPSA) is 46.9 Å². The zero-order chi connectivity index (χ0) is 21.5. The number of nitrogens with one attached hydrogen (secondary N) is 1. The Hall–Kier alpha value is -2.88. The maximum absolute atomic E-state index is 13.0. The third-order valence-corrected chi connectivity index (χ3v) is 5.43. The molecule has 1 N–H and O–H groups in total. The first-order chi connectivity index (χ1) is 14.2. The van der Waals surface area contributed by atoms with E-state index in [2.05, 4.69) is 59.0 Å². The van der Waals surface area contributed by atoms with E-state index in [9.17, 15) is 4.79 Å². The maximum Gasteiger partial charge on any atom is 0.251 e. The lowest BCUT2D eigenvalue weighted by Crippen LogP contribution is -2.40. The van der Waals surface area contributed by atoms with Crippen molar-refractivity contribution in [2.24, 2.45) is 0 Å². The molecule has 1 aliphatic carbocycles. The van der Waals surface area contributed by atoms with Crippen molar-refractivity contribution in [2.45, 2.75) is 64.8 Å². The second kappa shape index (κ2) is 7.75. The molecule has 0 saturated heterocycles. The van der Waals surface area contributed by atoms with Crippen LogP contribution in [0.4, 0.5) is 0 Å². The highest BCUT2D eigenvalue weighted by atomic mass is 16.1. The molecule has 0 radical (unpaired) electrons. The molecule has 0 spiro atoms. The Bertz CT molecular complexity index is 1050. The molecule has 1 aliphatic rings. The van der Waals surface area contributed by atoms with E-state index in [0.29, 0.717) is 5.56 Å². The zero-order valence-corrected chi connectivity index (χ0v) is 18.6. The van der Waals surface area contributed by atoms with Crippen LogP contribution in [0.1, 0.15) is 81.0 Å². The second-order valence-electron chi connectivity index (χ2n) is 9.68. The number of rotatable bonds is 5. The average molecular weight is 402 g/mol. The monoisotopic (exact) mass is 401 g/mol. The number of imidazole rings is 1. The van der Waals surface area contributed by atoms with Crippen molar-refractivity contribution in [2.75, 3.05) is 0 Å². The van der Waals surface area contributed by atoms with Crippen LogP contribution in [0, 0.1) is 0 Å². The zero-order valence-electron chi connectivity index (χ0n) is 18.6. The van der Waals surface area contributed by atoms with E-state index in [0.717, 1.165) is 28.6 Å². The van der Waals surface area contributed by atoms with Crippen LogP contribution < -0.4 is 5.32 Å². The van der Waals surface area contributed by atoms with Gasteiger partial charge in [-0.3, -0.25) is 4.79 Å². The molecule has 0 aliphatic heterocycles. The minimum absolute atomic E-state index is 0.0635. The summed E-state index contributed by atoms with van der Waals surface area (Å²) in [5.41, 5.74) is 4.90. The number of nitrogens with zero attached hydrogens (tertiary/aromatic N) is 2. The fourth-order valence-electron chi connectivity index (χ4n) is 3.79. The number of carbonyl (C=O) groups excluding carboxylic acids is 1. The van der Waals surface area contributed by atoms with E-state index in [-0.39, 0.29) is 17.4 Å². The Morgan fingerprint density at radius 3 is 2.37 bits per heavy atom. The van der Waals surface area contributed by atoms with Crippen molar-refractivity contribution in [3.8, 4) is 16.8 Å². The summed E-state index contributed by atoms with van der Waals surface area (Å²) in [7, 11) is 0. The van der Waals surface area contributed by atoms with Gasteiger partial charge in [-0.25, -0.2) is 4.98 Å². The quantitative estimate of drug-likeness (QED) is 0.564. The van der Waals surface area contributed by atoms with Gasteiger partial charge in [-0.15, -0.1) is 0 Å². The van der Waals surface area contributed by atoms with Gasteiger partial charge in [0.2, 0.25) is 0 Å². The first-order valence-electron chi connectivity index (χ1n) is 10.8. The summed E-state index contributed by atoms with van der Waals surface area (Å²) in [6.07, 6.45) is 6.38. The van der Waals surface area contributed by atoms with Crippen molar-refractivity contribution in [3.05, 3.63) is 71.8 Å². The van der Waals surface area contributed by atoms with Gasteiger partial charge in [0, 0.05) is 35.1 Å². The van der Waals surface area contributed by atoms with Gasteiger partial charge in [0.15, 0.2) is 0 Å². The van der Waals surface area contributed by atoms with Gasteiger partial charge < -0.3 is 9.88 Å². The largest absolute Gasteiger partial charge is 0.347 e. The Morgan fingerprint density at radius 1 is 1.07 bits per heavy atom. The fourth-order valence-corrected chi connectivity index (χ4v) is 3.79. The first-order valence-corrected chi connectivity index (χ1v) is 10.8. The molecule has 2 aromatic carbocycles. The normalized spacial score (nSPS) is 14.2. The van der Waals surface area contributed by atoms with Gasteiger partial charge in [-0.2, -0.15) is 0 Å². The SMILES string of the molecule is CC(C)c1nccn1-c1cc(C(=O)NC(C)(C)C)cc(-c2ccc(C3CC3)cc2)c1. The Kier molecular flexibility index (Phi) is 5.27. The van der Waals surface area contributed by atoms with E-state index in [1.165, 1.54) is 18.4 Å². The molecule has 156 valence electrons. The molecule has 3 aromatic rings. The van der Waals surface area contributed by atoms with Gasteiger partial charge in [-0.1, -0.05) is 38.1 Å². The fraction of sp³-hybridized carbons (Fsp3) is 0.385. The molecule has 0 unspecified atom stereocenters. The molecule has 1 aromatic heterocycles. The molecule has 4 nitrogen and oxygen atoms in total. The summed E-state index contributed by atoms with van der Waals surface area (Å²) < 4.78 is 2.08. The molecule has 1 fully saturated rings. The minimum Gasteiger partial charge on any atom is -0.347 e. The molecular weight excluding hydrogens is 370 g/mol. The summed E-state index contributed by atoms with van der Waals surface area (Å²) >= 11 is 0. The average Bonchev–Trinajstić information content (AvgIpc) is 3.42. The Morgan fingerprint density at radius 2 is 1.77 bits per heavy atom. The molecule has 1 saturated carbocycles. The van der Waals surface area contributed by atoms with E-state index in [1.54, 1.807) is 0 Å². The molecular formula is C26H31N3O. The van der Waals surface area contributed by atoms with Gasteiger partial charge in [0.25, 0.3) is 5.91 Å². The molecule has 1 heterocycles. The Balaban J connectivity index is 1.79. The number of amides is 1. The number of hydrogen-bond donors (Lipinski definition) is 1. The van der Waals surface area contributed by atoms with E-state index in [1.807, 2.05) is 45.3 Å². The number of hydrogen-bond acceptors (Lipinski definition) is 2. The molecule has 30 heavy (non-hydrogen) atoms. The van der Waals surface area contributed by atoms with Crippen LogP contribution in [0.2, 0.25) is 0 Å². The van der Waals surface area contributed by atoms with E-state index in [4.69, 9.17) is 0 Å². The van der Waals surface area contributed by atoms with Crippen LogP contribution in [-0.2, 0) is 0 Å². The molecule has 0 bridgehead atoms. The van der Waals surface area contributed by atoms with Gasteiger partial charge in [0.1, 0.15) is 5.82 Å². The maximum atomic E-state index is 13.0. The lowest BCUT2D eigenvalue weighted by Gasteiger charge is -2.21. The van der Waals surface area contributed by atoms with Gasteiger partial charge in [-0.05, 0) is 74.4 Å². The van der Waals surface area contributed by atoms with Crippen LogP contribution in [-0.4, -0.2) is 21.0 Å². The molecule has 1 amide bonds. The van der Waals surface area contributed by atoms with Crippen LogP contribution in [0.25, 0.3) is 16.8 Å². The number of benzene rings is 2. The summed E-state index contributed by atoms with van der Waals surface area (Å²) in [5, 5.41) is 3.09. The lowest BCUT2D eigenvalue weighted by molar-refractivity contribution is 0.0919. The third kappa shape index (κ3) is 4.48. The van der Waals surface area contributed by atoms with E-state index >= 15 is 0 Å². The second-order valence-corrected chi connectivity index (χ2v) is 9.68. The van der Waals surface area contributed by atoms with Gasteiger partial charge >= 0.3 is 0 Å². The highest BCUT2D eigenvalue weighted by Crippen LogP contribution is 2.40. The minimum atomic E-state index is -0.294. The molecule has 4 heteroatoms.